The molecule has 2 N–H and O–H groups in total. The Morgan fingerprint density at radius 1 is 1.28 bits per heavy atom. The van der Waals surface area contributed by atoms with Crippen LogP contribution in [0.2, 0.25) is 5.28 Å². The van der Waals surface area contributed by atoms with Gasteiger partial charge in [-0.1, -0.05) is 11.3 Å². The Labute approximate surface area is 118 Å². The average Bonchev–Trinajstić information content (AvgIpc) is 2.74. The zero-order valence-electron chi connectivity index (χ0n) is 10.0. The SMILES string of the molecule is Cc1nc(Cl)nc(Sc2nnc(N(C)C)s2)c1N. The number of nitrogens with zero attached hydrogens (tertiary/aromatic N) is 5. The average molecular weight is 303 g/mol. The number of rotatable bonds is 3. The maximum atomic E-state index is 5.91. The molecule has 9 heteroatoms. The number of aromatic nitrogens is 4. The molecule has 18 heavy (non-hydrogen) atoms. The van der Waals surface area contributed by atoms with Gasteiger partial charge in [0.1, 0.15) is 5.03 Å². The molecule has 0 saturated carbocycles. The third-order valence-corrected chi connectivity index (χ3v) is 4.35. The van der Waals surface area contributed by atoms with Crippen LogP contribution in [0, 0.1) is 6.92 Å². The second-order valence-electron chi connectivity index (χ2n) is 3.64. The molecule has 0 amide bonds. The van der Waals surface area contributed by atoms with Gasteiger partial charge < -0.3 is 10.6 Å². The van der Waals surface area contributed by atoms with Gasteiger partial charge >= 0.3 is 0 Å². The molecule has 0 fully saturated rings. The van der Waals surface area contributed by atoms with E-state index in [1.807, 2.05) is 19.0 Å². The largest absolute Gasteiger partial charge is 0.395 e. The summed E-state index contributed by atoms with van der Waals surface area (Å²) in [5.74, 6) is 0. The van der Waals surface area contributed by atoms with Gasteiger partial charge in [-0.05, 0) is 30.3 Å². The number of anilines is 2. The van der Waals surface area contributed by atoms with E-state index in [0.717, 1.165) is 9.47 Å². The minimum absolute atomic E-state index is 0.182. The van der Waals surface area contributed by atoms with Crippen LogP contribution in [0.3, 0.4) is 0 Å². The van der Waals surface area contributed by atoms with Crippen LogP contribution in [0.4, 0.5) is 10.8 Å². The predicted molar refractivity (Wildman–Crippen MR) is 74.6 cm³/mol. The molecular weight excluding hydrogens is 292 g/mol. The molecule has 0 radical (unpaired) electrons. The van der Waals surface area contributed by atoms with Gasteiger partial charge in [0.2, 0.25) is 10.4 Å². The van der Waals surface area contributed by atoms with Crippen molar-refractivity contribution in [3.63, 3.8) is 0 Å². The lowest BCUT2D eigenvalue weighted by atomic mass is 10.4. The first-order chi connectivity index (χ1) is 8.47. The maximum absolute atomic E-state index is 5.91. The molecule has 0 bridgehead atoms. The highest BCUT2D eigenvalue weighted by Crippen LogP contribution is 2.35. The van der Waals surface area contributed by atoms with Crippen LogP contribution < -0.4 is 10.6 Å². The Morgan fingerprint density at radius 3 is 2.61 bits per heavy atom. The summed E-state index contributed by atoms with van der Waals surface area (Å²) < 4.78 is 0.763. The Kier molecular flexibility index (Phi) is 3.88. The van der Waals surface area contributed by atoms with Crippen molar-refractivity contribution < 1.29 is 0 Å². The van der Waals surface area contributed by atoms with E-state index in [0.29, 0.717) is 16.4 Å². The highest BCUT2D eigenvalue weighted by atomic mass is 35.5. The van der Waals surface area contributed by atoms with Crippen LogP contribution >= 0.6 is 34.7 Å². The highest BCUT2D eigenvalue weighted by molar-refractivity contribution is 8.01. The Bertz CT molecular complexity index is 570. The van der Waals surface area contributed by atoms with Crippen molar-refractivity contribution >= 4 is 45.5 Å². The smallest absolute Gasteiger partial charge is 0.223 e. The molecule has 2 aromatic heterocycles. The Balaban J connectivity index is 2.28. The molecule has 2 rings (SSSR count). The number of aryl methyl sites for hydroxylation is 1. The number of hydrogen-bond donors (Lipinski definition) is 1. The fourth-order valence-corrected chi connectivity index (χ4v) is 3.13. The second-order valence-corrected chi connectivity index (χ2v) is 6.17. The standard InChI is InChI=1S/C9H11ClN6S2/c1-4-5(11)6(13-7(10)12-4)17-9-15-14-8(18-9)16(2)3/h11H2,1-3H3. The molecule has 0 aliphatic carbocycles. The molecule has 2 aromatic rings. The Morgan fingerprint density at radius 2 is 2.00 bits per heavy atom. The summed E-state index contributed by atoms with van der Waals surface area (Å²) in [6.07, 6.45) is 0. The van der Waals surface area contributed by atoms with Crippen molar-refractivity contribution in [2.75, 3.05) is 24.7 Å². The van der Waals surface area contributed by atoms with E-state index in [4.69, 9.17) is 17.3 Å². The van der Waals surface area contributed by atoms with Crippen molar-refractivity contribution in [2.24, 2.45) is 0 Å². The lowest BCUT2D eigenvalue weighted by molar-refractivity contribution is 0.966. The summed E-state index contributed by atoms with van der Waals surface area (Å²) in [4.78, 5) is 9.98. The molecule has 0 aliphatic heterocycles. The molecular formula is C9H11ClN6S2. The normalized spacial score (nSPS) is 10.7. The van der Waals surface area contributed by atoms with Crippen molar-refractivity contribution in [1.82, 2.24) is 20.2 Å². The van der Waals surface area contributed by atoms with Crippen LogP contribution in [0.1, 0.15) is 5.69 Å². The zero-order valence-corrected chi connectivity index (χ0v) is 12.4. The number of nitrogen functional groups attached to an aromatic ring is 1. The number of halogens is 1. The van der Waals surface area contributed by atoms with E-state index in [2.05, 4.69) is 20.2 Å². The van der Waals surface area contributed by atoms with E-state index < -0.39 is 0 Å². The highest BCUT2D eigenvalue weighted by Gasteiger charge is 2.13. The molecule has 6 nitrogen and oxygen atoms in total. The van der Waals surface area contributed by atoms with Crippen LogP contribution in [0.25, 0.3) is 0 Å². The fraction of sp³-hybridized carbons (Fsp3) is 0.333. The van der Waals surface area contributed by atoms with E-state index in [1.165, 1.54) is 23.1 Å². The number of hydrogen-bond acceptors (Lipinski definition) is 8. The van der Waals surface area contributed by atoms with Crippen LogP contribution in [0.15, 0.2) is 9.37 Å². The molecule has 0 aliphatic rings. The van der Waals surface area contributed by atoms with Gasteiger partial charge in [0.05, 0.1) is 11.4 Å². The van der Waals surface area contributed by atoms with Crippen LogP contribution in [-0.2, 0) is 0 Å². The second kappa shape index (κ2) is 5.25. The first-order valence-electron chi connectivity index (χ1n) is 4.95. The summed E-state index contributed by atoms with van der Waals surface area (Å²) >= 11 is 8.61. The van der Waals surface area contributed by atoms with E-state index in [1.54, 1.807) is 6.92 Å². The van der Waals surface area contributed by atoms with Gasteiger partial charge in [0.25, 0.3) is 0 Å². The lowest BCUT2D eigenvalue weighted by Gasteiger charge is -2.05. The quantitative estimate of drug-likeness (QED) is 0.686. The monoisotopic (exact) mass is 302 g/mol. The summed E-state index contributed by atoms with van der Waals surface area (Å²) in [6, 6.07) is 0. The van der Waals surface area contributed by atoms with E-state index in [-0.39, 0.29) is 5.28 Å². The van der Waals surface area contributed by atoms with Crippen molar-refractivity contribution in [2.45, 2.75) is 16.3 Å². The molecule has 0 aromatic carbocycles. The van der Waals surface area contributed by atoms with E-state index >= 15 is 0 Å². The zero-order chi connectivity index (χ0) is 13.3. The molecule has 0 spiro atoms. The van der Waals surface area contributed by atoms with Gasteiger partial charge in [-0.3, -0.25) is 0 Å². The van der Waals surface area contributed by atoms with Crippen molar-refractivity contribution in [3.8, 4) is 0 Å². The van der Waals surface area contributed by atoms with Gasteiger partial charge in [0, 0.05) is 14.1 Å². The van der Waals surface area contributed by atoms with Crippen molar-refractivity contribution in [1.29, 1.82) is 0 Å². The van der Waals surface area contributed by atoms with E-state index in [9.17, 15) is 0 Å². The van der Waals surface area contributed by atoms with Crippen LogP contribution in [0.5, 0.6) is 0 Å². The minimum Gasteiger partial charge on any atom is -0.395 e. The predicted octanol–water partition coefficient (Wildman–Crippen LogP) is 2.09. The molecule has 0 atom stereocenters. The minimum atomic E-state index is 0.182. The summed E-state index contributed by atoms with van der Waals surface area (Å²) in [5, 5.41) is 9.72. The molecule has 0 unspecified atom stereocenters. The number of nitrogens with two attached hydrogens (primary N) is 1. The molecule has 2 heterocycles. The molecule has 0 saturated heterocycles. The van der Waals surface area contributed by atoms with Gasteiger partial charge in [0.15, 0.2) is 4.34 Å². The maximum Gasteiger partial charge on any atom is 0.223 e. The first-order valence-corrected chi connectivity index (χ1v) is 6.96. The van der Waals surface area contributed by atoms with Gasteiger partial charge in [-0.25, -0.2) is 9.97 Å². The van der Waals surface area contributed by atoms with Gasteiger partial charge in [-0.15, -0.1) is 10.2 Å². The topological polar surface area (TPSA) is 80.8 Å². The summed E-state index contributed by atoms with van der Waals surface area (Å²) in [6.45, 7) is 1.79. The van der Waals surface area contributed by atoms with Gasteiger partial charge in [-0.2, -0.15) is 0 Å². The fourth-order valence-electron chi connectivity index (χ4n) is 1.11. The third kappa shape index (κ3) is 2.82. The van der Waals surface area contributed by atoms with Crippen LogP contribution in [-0.4, -0.2) is 34.3 Å². The summed E-state index contributed by atoms with van der Waals surface area (Å²) in [7, 11) is 3.82. The lowest BCUT2D eigenvalue weighted by Crippen LogP contribution is -2.07. The summed E-state index contributed by atoms with van der Waals surface area (Å²) in [5.41, 5.74) is 7.09. The molecule has 96 valence electrons. The Hall–Kier alpha value is -1.12. The third-order valence-electron chi connectivity index (χ3n) is 2.04. The first kappa shape index (κ1) is 13.3. The van der Waals surface area contributed by atoms with Crippen molar-refractivity contribution in [3.05, 3.63) is 11.0 Å².